The third-order valence-corrected chi connectivity index (χ3v) is 13.2. The highest BCUT2D eigenvalue weighted by Gasteiger charge is 2.22. The first-order valence-electron chi connectivity index (χ1n) is 22.2. The van der Waals surface area contributed by atoms with Gasteiger partial charge < -0.3 is 9.47 Å². The third kappa shape index (κ3) is 7.28. The molecule has 0 atom stereocenters. The Morgan fingerprint density at radius 1 is 0.382 bits per heavy atom. The molecule has 2 heterocycles. The Kier molecular flexibility index (Phi) is 10.2. The van der Waals surface area contributed by atoms with E-state index < -0.39 is 17.5 Å². The first-order chi connectivity index (χ1) is 33.4. The van der Waals surface area contributed by atoms with Crippen LogP contribution >= 0.6 is 11.7 Å². The minimum Gasteiger partial charge on any atom is -0.309 e. The average molecular weight is 903 g/mol. The van der Waals surface area contributed by atoms with Crippen LogP contribution in [0.25, 0.3) is 94.2 Å². The maximum absolute atomic E-state index is 14.9. The number of fused-ring (bicyclic) bond motifs is 4. The fourth-order valence-electron chi connectivity index (χ4n) is 9.43. The van der Waals surface area contributed by atoms with Gasteiger partial charge in [0.25, 0.3) is 0 Å². The van der Waals surface area contributed by atoms with Gasteiger partial charge in [0.05, 0.1) is 34.0 Å². The van der Waals surface area contributed by atoms with Gasteiger partial charge >= 0.3 is 0 Å². The van der Waals surface area contributed by atoms with Crippen molar-refractivity contribution in [3.05, 3.63) is 242 Å². The van der Waals surface area contributed by atoms with Crippen molar-refractivity contribution < 1.29 is 13.2 Å². The largest absolute Gasteiger partial charge is 0.309 e. The van der Waals surface area contributed by atoms with Gasteiger partial charge in [0.15, 0.2) is 0 Å². The molecular formula is C60H37F3N4S. The molecule has 0 aliphatic rings. The second kappa shape index (κ2) is 17.0. The van der Waals surface area contributed by atoms with Crippen molar-refractivity contribution in [3.63, 3.8) is 0 Å². The van der Waals surface area contributed by atoms with E-state index in [0.717, 1.165) is 84.4 Å². The molecule has 0 amide bonds. The topological polar surface area (TPSA) is 34.0 Å². The third-order valence-electron chi connectivity index (χ3n) is 12.7. The van der Waals surface area contributed by atoms with Crippen molar-refractivity contribution in [2.75, 3.05) is 4.90 Å². The van der Waals surface area contributed by atoms with Gasteiger partial charge in [0, 0.05) is 45.5 Å². The molecule has 0 aliphatic heterocycles. The number of rotatable bonds is 9. The minimum absolute atomic E-state index is 0.286. The van der Waals surface area contributed by atoms with E-state index in [-0.39, 0.29) is 11.1 Å². The Morgan fingerprint density at radius 2 is 0.824 bits per heavy atom. The number of nitrogens with zero attached hydrogens (tertiary/aromatic N) is 4. The molecule has 0 bridgehead atoms. The number of aromatic nitrogens is 3. The van der Waals surface area contributed by atoms with Crippen molar-refractivity contribution in [2.24, 2.45) is 0 Å². The number of hydrogen-bond donors (Lipinski definition) is 0. The van der Waals surface area contributed by atoms with Crippen LogP contribution < -0.4 is 4.90 Å². The zero-order chi connectivity index (χ0) is 45.7. The van der Waals surface area contributed by atoms with Gasteiger partial charge in [-0.3, -0.25) is 0 Å². The van der Waals surface area contributed by atoms with Gasteiger partial charge in [0.2, 0.25) is 0 Å². The summed E-state index contributed by atoms with van der Waals surface area (Å²) in [5.74, 6) is -2.90. The molecule has 0 aliphatic carbocycles. The van der Waals surface area contributed by atoms with E-state index in [1.807, 2.05) is 48.5 Å². The SMILES string of the molecule is Fc1cc(F)c(-c2ccc(N(c3ccc(-c4ccccc4)cc3)c3ccc(-c4ccc(-n5c6ccc(-c7ccccc7)cc6c6cc(-c7ccccc7)ccc65)cc4)c4nsnc34)cc2)c(F)c1. The Morgan fingerprint density at radius 3 is 1.35 bits per heavy atom. The number of benzene rings is 10. The predicted molar refractivity (Wildman–Crippen MR) is 273 cm³/mol. The van der Waals surface area contributed by atoms with Gasteiger partial charge in [-0.1, -0.05) is 140 Å². The zero-order valence-corrected chi connectivity index (χ0v) is 37.0. The lowest BCUT2D eigenvalue weighted by Crippen LogP contribution is -2.10. The van der Waals surface area contributed by atoms with Gasteiger partial charge in [0.1, 0.15) is 28.5 Å². The second-order valence-electron chi connectivity index (χ2n) is 16.7. The highest BCUT2D eigenvalue weighted by Crippen LogP contribution is 2.43. The molecule has 12 rings (SSSR count). The fraction of sp³-hybridized carbons (Fsp3) is 0. The Balaban J connectivity index is 0.944. The zero-order valence-electron chi connectivity index (χ0n) is 36.2. The van der Waals surface area contributed by atoms with Crippen molar-refractivity contribution in [2.45, 2.75) is 0 Å². The van der Waals surface area contributed by atoms with Crippen LogP contribution in [0.3, 0.4) is 0 Å². The van der Waals surface area contributed by atoms with Crippen LogP contribution in [0.2, 0.25) is 0 Å². The molecule has 0 N–H and O–H groups in total. The molecule has 0 unspecified atom stereocenters. The lowest BCUT2D eigenvalue weighted by molar-refractivity contribution is 0.548. The average Bonchev–Trinajstić information content (AvgIpc) is 4.01. The van der Waals surface area contributed by atoms with Crippen LogP contribution in [0.15, 0.2) is 224 Å². The van der Waals surface area contributed by atoms with E-state index in [4.69, 9.17) is 8.75 Å². The highest BCUT2D eigenvalue weighted by molar-refractivity contribution is 7.00. The highest BCUT2D eigenvalue weighted by atomic mass is 32.1. The standard InChI is InChI=1S/C60H37F3N4S/c61-46-36-53(62)58(54(63)37-46)43-20-28-48(29-21-43)66(47-24-16-41(17-25-47)38-10-4-1-5-11-38)57-33-30-50(59-60(57)65-68-64-59)42-18-26-49(27-19-42)67-55-31-22-44(39-12-6-2-7-13-39)34-51(55)52-35-45(23-32-56(52)67)40-14-8-3-9-15-40/h1-37H. The van der Waals surface area contributed by atoms with Crippen molar-refractivity contribution in [1.29, 1.82) is 0 Å². The predicted octanol–water partition coefficient (Wildman–Crippen LogP) is 17.0. The van der Waals surface area contributed by atoms with Crippen LogP contribution in [0.5, 0.6) is 0 Å². The molecule has 4 nitrogen and oxygen atoms in total. The lowest BCUT2D eigenvalue weighted by Gasteiger charge is -2.26. The van der Waals surface area contributed by atoms with E-state index in [1.165, 1.54) is 21.9 Å². The monoisotopic (exact) mass is 902 g/mol. The van der Waals surface area contributed by atoms with Gasteiger partial charge in [-0.15, -0.1) is 0 Å². The van der Waals surface area contributed by atoms with E-state index in [1.54, 1.807) is 24.3 Å². The Labute approximate surface area is 394 Å². The van der Waals surface area contributed by atoms with Crippen LogP contribution in [-0.4, -0.2) is 13.3 Å². The van der Waals surface area contributed by atoms with Crippen molar-refractivity contribution in [3.8, 4) is 61.3 Å². The van der Waals surface area contributed by atoms with Gasteiger partial charge in [-0.2, -0.15) is 8.75 Å². The summed E-state index contributed by atoms with van der Waals surface area (Å²) < 4.78 is 55.8. The molecule has 0 radical (unpaired) electrons. The summed E-state index contributed by atoms with van der Waals surface area (Å²) in [5.41, 5.74) is 15.8. The molecule has 0 spiro atoms. The number of anilines is 3. The summed E-state index contributed by atoms with van der Waals surface area (Å²) in [6.07, 6.45) is 0. The molecule has 8 heteroatoms. The summed E-state index contributed by atoms with van der Waals surface area (Å²) in [5, 5.41) is 2.36. The van der Waals surface area contributed by atoms with Crippen LogP contribution in [0.1, 0.15) is 0 Å². The number of hydrogen-bond acceptors (Lipinski definition) is 4. The minimum atomic E-state index is -0.968. The molecule has 2 aromatic heterocycles. The second-order valence-corrected chi connectivity index (χ2v) is 17.2. The summed E-state index contributed by atoms with van der Waals surface area (Å²) >= 11 is 1.15. The Bertz CT molecular complexity index is 3680. The molecule has 12 aromatic rings. The van der Waals surface area contributed by atoms with Crippen molar-refractivity contribution >= 4 is 61.6 Å². The van der Waals surface area contributed by atoms with Crippen LogP contribution in [-0.2, 0) is 0 Å². The number of halogens is 3. The first kappa shape index (κ1) is 40.9. The fourth-order valence-corrected chi connectivity index (χ4v) is 10.0. The summed E-state index contributed by atoms with van der Waals surface area (Å²) in [4.78, 5) is 2.07. The smallest absolute Gasteiger partial charge is 0.136 e. The maximum atomic E-state index is 14.9. The van der Waals surface area contributed by atoms with Gasteiger partial charge in [-0.05, 0) is 117 Å². The molecule has 0 saturated carbocycles. The summed E-state index contributed by atoms with van der Waals surface area (Å²) in [6.45, 7) is 0. The van der Waals surface area contributed by atoms with Gasteiger partial charge in [-0.25, -0.2) is 13.2 Å². The van der Waals surface area contributed by atoms with E-state index in [9.17, 15) is 13.2 Å². The summed E-state index contributed by atoms with van der Waals surface area (Å²) in [7, 11) is 0. The lowest BCUT2D eigenvalue weighted by atomic mass is 10.0. The Hall–Kier alpha value is -8.59. The van der Waals surface area contributed by atoms with E-state index in [2.05, 4.69) is 149 Å². The molecular weight excluding hydrogens is 866 g/mol. The molecule has 0 fully saturated rings. The van der Waals surface area contributed by atoms with Crippen LogP contribution in [0, 0.1) is 17.5 Å². The van der Waals surface area contributed by atoms with Crippen LogP contribution in [0.4, 0.5) is 30.2 Å². The molecule has 324 valence electrons. The first-order valence-corrected chi connectivity index (χ1v) is 22.9. The molecule has 10 aromatic carbocycles. The summed E-state index contributed by atoms with van der Waals surface area (Å²) in [6, 6.07) is 73.9. The maximum Gasteiger partial charge on any atom is 0.136 e. The normalized spacial score (nSPS) is 11.5. The van der Waals surface area contributed by atoms with E-state index in [0.29, 0.717) is 17.6 Å². The van der Waals surface area contributed by atoms with Crippen molar-refractivity contribution in [1.82, 2.24) is 13.3 Å². The molecule has 0 saturated heterocycles. The quantitative estimate of drug-likeness (QED) is 0.145. The van der Waals surface area contributed by atoms with E-state index >= 15 is 0 Å². The molecule has 68 heavy (non-hydrogen) atoms.